The maximum absolute atomic E-state index is 12.3. The third-order valence-corrected chi connectivity index (χ3v) is 7.80. The number of rotatable bonds is 17. The Morgan fingerprint density at radius 2 is 1.57 bits per heavy atom. The van der Waals surface area contributed by atoms with Gasteiger partial charge in [-0.2, -0.15) is 0 Å². The summed E-state index contributed by atoms with van der Waals surface area (Å²) in [4.78, 5) is 23.9. The van der Waals surface area contributed by atoms with Crippen molar-refractivity contribution in [2.45, 2.75) is 65.5 Å². The van der Waals surface area contributed by atoms with Gasteiger partial charge in [0.05, 0.1) is 13.0 Å². The maximum Gasteiger partial charge on any atom is 0.334 e. The molecule has 0 heterocycles. The fourth-order valence-electron chi connectivity index (χ4n) is 3.41. The van der Waals surface area contributed by atoms with Crippen LogP contribution in [0.3, 0.4) is 0 Å². The van der Waals surface area contributed by atoms with Crippen LogP contribution in [0.15, 0.2) is 24.3 Å². The van der Waals surface area contributed by atoms with Crippen LogP contribution in [0.2, 0.25) is 12.6 Å². The van der Waals surface area contributed by atoms with Crippen LogP contribution in [0.5, 0.6) is 0 Å². The lowest BCUT2D eigenvalue weighted by molar-refractivity contribution is -0.142. The lowest BCUT2D eigenvalue weighted by atomic mass is 10.0. The average Bonchev–Trinajstić information content (AvgIpc) is 2.68. The van der Waals surface area contributed by atoms with Gasteiger partial charge >= 0.3 is 14.5 Å². The van der Waals surface area contributed by atoms with E-state index in [1.54, 1.807) is 6.92 Å². The molecule has 1 aromatic carbocycles. The number of hydrogen-bond acceptors (Lipinski definition) is 6. The number of carbonyl (C=O) groups is 2. The van der Waals surface area contributed by atoms with E-state index < -0.39 is 8.56 Å². The van der Waals surface area contributed by atoms with Crippen molar-refractivity contribution in [2.75, 3.05) is 32.9 Å². The Labute approximate surface area is 182 Å². The minimum Gasteiger partial charge on any atom is -0.466 e. The molecular formula is C23H39NO5Si. The first kappa shape index (κ1) is 26.5. The standard InChI is InChI=1S/C23H39NO5Si/c1-5-27-23(26)19-21-12-8-11-20(17-21)18-22(25)13-9-14-24-15-10-16-30(4,28-6-2)29-7-3/h8,11-12,17,24H,5-7,9-10,13-16,18-19H2,1-4H3. The molecule has 7 heteroatoms. The topological polar surface area (TPSA) is 73.9 Å². The molecule has 0 aliphatic rings. The van der Waals surface area contributed by atoms with Crippen LogP contribution in [-0.4, -0.2) is 53.2 Å². The zero-order valence-corrected chi connectivity index (χ0v) is 20.1. The largest absolute Gasteiger partial charge is 0.466 e. The summed E-state index contributed by atoms with van der Waals surface area (Å²) in [5.74, 6) is -0.0182. The average molecular weight is 438 g/mol. The van der Waals surface area contributed by atoms with Crippen LogP contribution in [-0.2, 0) is 36.0 Å². The van der Waals surface area contributed by atoms with Crippen molar-refractivity contribution in [1.82, 2.24) is 5.32 Å². The lowest BCUT2D eigenvalue weighted by Crippen LogP contribution is -2.39. The van der Waals surface area contributed by atoms with Crippen molar-refractivity contribution < 1.29 is 23.2 Å². The van der Waals surface area contributed by atoms with Crippen molar-refractivity contribution in [2.24, 2.45) is 0 Å². The van der Waals surface area contributed by atoms with E-state index >= 15 is 0 Å². The van der Waals surface area contributed by atoms with Gasteiger partial charge in [0, 0.05) is 26.1 Å². The van der Waals surface area contributed by atoms with E-state index in [-0.39, 0.29) is 18.2 Å². The summed E-state index contributed by atoms with van der Waals surface area (Å²) in [5.41, 5.74) is 1.83. The molecule has 0 unspecified atom stereocenters. The minimum atomic E-state index is -2.02. The summed E-state index contributed by atoms with van der Waals surface area (Å²) in [7, 11) is -2.02. The van der Waals surface area contributed by atoms with Crippen LogP contribution in [0.4, 0.5) is 0 Å². The maximum atomic E-state index is 12.3. The molecule has 0 fully saturated rings. The van der Waals surface area contributed by atoms with Crippen LogP contribution < -0.4 is 5.32 Å². The summed E-state index contributed by atoms with van der Waals surface area (Å²) >= 11 is 0. The highest BCUT2D eigenvalue weighted by atomic mass is 28.4. The molecule has 0 atom stereocenters. The molecule has 1 N–H and O–H groups in total. The molecule has 1 rings (SSSR count). The van der Waals surface area contributed by atoms with Gasteiger partial charge in [-0.1, -0.05) is 24.3 Å². The van der Waals surface area contributed by atoms with Crippen molar-refractivity contribution >= 4 is 20.3 Å². The number of carbonyl (C=O) groups excluding carboxylic acids is 2. The van der Waals surface area contributed by atoms with Crippen molar-refractivity contribution in [3.05, 3.63) is 35.4 Å². The Morgan fingerprint density at radius 1 is 0.933 bits per heavy atom. The first-order chi connectivity index (χ1) is 14.4. The Morgan fingerprint density at radius 3 is 2.20 bits per heavy atom. The zero-order valence-electron chi connectivity index (χ0n) is 19.1. The Kier molecular flexibility index (Phi) is 13.5. The summed E-state index contributed by atoms with van der Waals surface area (Å²) in [6.07, 6.45) is 3.05. The molecule has 0 saturated heterocycles. The van der Waals surface area contributed by atoms with Crippen LogP contribution in [0.1, 0.15) is 51.2 Å². The normalized spacial score (nSPS) is 11.5. The van der Waals surface area contributed by atoms with Crippen molar-refractivity contribution in [3.63, 3.8) is 0 Å². The van der Waals surface area contributed by atoms with Gasteiger partial charge in [-0.3, -0.25) is 9.59 Å². The predicted octanol–water partition coefficient (Wildman–Crippen LogP) is 3.81. The number of hydrogen-bond donors (Lipinski definition) is 1. The second kappa shape index (κ2) is 15.3. The number of nitrogens with one attached hydrogen (secondary N) is 1. The molecule has 0 saturated carbocycles. The first-order valence-electron chi connectivity index (χ1n) is 11.2. The van der Waals surface area contributed by atoms with Gasteiger partial charge in [0.2, 0.25) is 0 Å². The molecule has 0 aliphatic heterocycles. The Bertz CT molecular complexity index is 632. The van der Waals surface area contributed by atoms with Gasteiger partial charge in [0.15, 0.2) is 0 Å². The van der Waals surface area contributed by atoms with Gasteiger partial charge in [0.25, 0.3) is 0 Å². The highest BCUT2D eigenvalue weighted by Gasteiger charge is 2.29. The fraction of sp³-hybridized carbons (Fsp3) is 0.652. The van der Waals surface area contributed by atoms with E-state index in [2.05, 4.69) is 11.9 Å². The van der Waals surface area contributed by atoms with E-state index in [0.29, 0.717) is 32.7 Å². The zero-order chi connectivity index (χ0) is 22.2. The van der Waals surface area contributed by atoms with E-state index in [1.807, 2.05) is 38.1 Å². The van der Waals surface area contributed by atoms with Gasteiger partial charge in [-0.25, -0.2) is 0 Å². The molecule has 0 radical (unpaired) electrons. The number of ether oxygens (including phenoxy) is 1. The molecule has 0 aromatic heterocycles. The third-order valence-electron chi connectivity index (χ3n) is 4.74. The highest BCUT2D eigenvalue weighted by molar-refractivity contribution is 6.66. The number of ketones is 1. The molecule has 170 valence electrons. The third kappa shape index (κ3) is 11.6. The highest BCUT2D eigenvalue weighted by Crippen LogP contribution is 2.15. The van der Waals surface area contributed by atoms with Crippen LogP contribution in [0, 0.1) is 0 Å². The Balaban J connectivity index is 2.23. The smallest absolute Gasteiger partial charge is 0.334 e. The van der Waals surface area contributed by atoms with Crippen molar-refractivity contribution in [3.8, 4) is 0 Å². The molecule has 0 aliphatic carbocycles. The SMILES string of the molecule is CCOC(=O)Cc1cccc(CC(=O)CCCNCCC[Si](C)(OCC)OCC)c1. The number of Topliss-reactive ketones (excluding diaryl/α,β-unsaturated/α-hetero) is 1. The summed E-state index contributed by atoms with van der Waals surface area (Å²) in [5, 5.41) is 3.41. The summed E-state index contributed by atoms with van der Waals surface area (Å²) in [6, 6.07) is 8.61. The predicted molar refractivity (Wildman–Crippen MR) is 122 cm³/mol. The molecule has 0 spiro atoms. The van der Waals surface area contributed by atoms with Crippen LogP contribution >= 0.6 is 0 Å². The molecular weight excluding hydrogens is 398 g/mol. The van der Waals surface area contributed by atoms with E-state index in [4.69, 9.17) is 13.6 Å². The quantitative estimate of drug-likeness (QED) is 0.227. The lowest BCUT2D eigenvalue weighted by Gasteiger charge is -2.25. The fourth-order valence-corrected chi connectivity index (χ4v) is 5.82. The minimum absolute atomic E-state index is 0.220. The molecule has 6 nitrogen and oxygen atoms in total. The van der Waals surface area contributed by atoms with Gasteiger partial charge in [-0.15, -0.1) is 0 Å². The number of benzene rings is 1. The van der Waals surface area contributed by atoms with E-state index in [9.17, 15) is 9.59 Å². The number of esters is 1. The summed E-state index contributed by atoms with van der Waals surface area (Å²) in [6.45, 7) is 11.5. The monoisotopic (exact) mass is 437 g/mol. The van der Waals surface area contributed by atoms with Gasteiger partial charge in [-0.05, 0) is 70.4 Å². The van der Waals surface area contributed by atoms with Gasteiger partial charge < -0.3 is 18.9 Å². The van der Waals surface area contributed by atoms with Gasteiger partial charge in [0.1, 0.15) is 5.78 Å². The second-order valence-electron chi connectivity index (χ2n) is 7.47. The van der Waals surface area contributed by atoms with E-state index in [1.165, 1.54) is 0 Å². The van der Waals surface area contributed by atoms with Crippen molar-refractivity contribution in [1.29, 1.82) is 0 Å². The second-order valence-corrected chi connectivity index (χ2v) is 10.8. The molecule has 0 amide bonds. The molecule has 1 aromatic rings. The summed E-state index contributed by atoms with van der Waals surface area (Å²) < 4.78 is 16.7. The molecule has 0 bridgehead atoms. The molecule has 30 heavy (non-hydrogen) atoms. The first-order valence-corrected chi connectivity index (χ1v) is 13.7. The Hall–Kier alpha value is -1.54. The van der Waals surface area contributed by atoms with E-state index in [0.717, 1.165) is 43.1 Å². The van der Waals surface area contributed by atoms with Crippen LogP contribution in [0.25, 0.3) is 0 Å².